The molecule has 3 heterocycles. The summed E-state index contributed by atoms with van der Waals surface area (Å²) >= 11 is 0. The Labute approximate surface area is 351 Å². The Morgan fingerprint density at radius 1 is 0.966 bits per heavy atom. The fourth-order valence-electron chi connectivity index (χ4n) is 9.56. The average Bonchev–Trinajstić information content (AvgIpc) is 3.21. The minimum absolute atomic E-state index is 0.0289. The van der Waals surface area contributed by atoms with Crippen molar-refractivity contribution in [3.8, 4) is 11.8 Å². The van der Waals surface area contributed by atoms with Gasteiger partial charge in [-0.25, -0.2) is 4.79 Å². The Hall–Kier alpha value is -2.96. The maximum atomic E-state index is 14.3. The number of piperidine rings is 1. The predicted molar refractivity (Wildman–Crippen MR) is 220 cm³/mol. The van der Waals surface area contributed by atoms with Gasteiger partial charge in [0, 0.05) is 44.9 Å². The zero-order valence-electron chi connectivity index (χ0n) is 36.8. The second kappa shape index (κ2) is 22.2. The zero-order chi connectivity index (χ0) is 43.6. The number of ketones is 2. The number of cyclic esters (lactones) is 1. The number of esters is 1. The molecule has 3 fully saturated rings. The Morgan fingerprint density at radius 2 is 1.66 bits per heavy atom. The summed E-state index contributed by atoms with van der Waals surface area (Å²) in [5.41, 5.74) is 1.62. The minimum atomic E-state index is -2.51. The van der Waals surface area contributed by atoms with Crippen LogP contribution >= 0.6 is 0 Å². The van der Waals surface area contributed by atoms with E-state index in [0.29, 0.717) is 56.9 Å². The number of nitrogens with zero attached hydrogens (tertiary/aromatic N) is 1. The van der Waals surface area contributed by atoms with Gasteiger partial charge in [0.05, 0.1) is 30.5 Å². The summed E-state index contributed by atoms with van der Waals surface area (Å²) in [5.74, 6) is -2.02. The minimum Gasteiger partial charge on any atom is -0.456 e. The van der Waals surface area contributed by atoms with Crippen LogP contribution in [0.3, 0.4) is 0 Å². The molecule has 2 bridgehead atoms. The molecule has 14 unspecified atom stereocenters. The van der Waals surface area contributed by atoms with Gasteiger partial charge in [-0.3, -0.25) is 14.4 Å². The van der Waals surface area contributed by atoms with Crippen molar-refractivity contribution in [2.24, 2.45) is 29.6 Å². The van der Waals surface area contributed by atoms with Crippen LogP contribution in [-0.4, -0.2) is 126 Å². The molecule has 1 saturated carbocycles. The Bertz CT molecular complexity index is 1580. The van der Waals surface area contributed by atoms with Gasteiger partial charge < -0.3 is 43.9 Å². The van der Waals surface area contributed by atoms with Crippen molar-refractivity contribution >= 4 is 23.4 Å². The van der Waals surface area contributed by atoms with E-state index in [1.165, 1.54) is 19.1 Å². The van der Waals surface area contributed by atoms with Crippen LogP contribution in [0.4, 0.5) is 0 Å². The monoisotopic (exact) mass is 829 g/mol. The van der Waals surface area contributed by atoms with Gasteiger partial charge in [-0.15, -0.1) is 5.92 Å². The van der Waals surface area contributed by atoms with E-state index in [1.54, 1.807) is 27.7 Å². The van der Waals surface area contributed by atoms with Crippen LogP contribution < -0.4 is 0 Å². The number of aliphatic hydroxyl groups excluding tert-OH is 2. The number of hydrogen-bond donors (Lipinski definition) is 3. The number of allylic oxidation sites excluding steroid dienone is 3. The summed E-state index contributed by atoms with van der Waals surface area (Å²) in [6.45, 7) is 13.2. The number of amides is 1. The van der Waals surface area contributed by atoms with Gasteiger partial charge >= 0.3 is 5.97 Å². The maximum Gasteiger partial charge on any atom is 0.329 e. The molecule has 59 heavy (non-hydrogen) atoms. The highest BCUT2D eigenvalue weighted by atomic mass is 16.7. The molecule has 3 N–H and O–H groups in total. The summed E-state index contributed by atoms with van der Waals surface area (Å²) in [4.78, 5) is 57.8. The Kier molecular flexibility index (Phi) is 18.3. The highest BCUT2D eigenvalue weighted by Crippen LogP contribution is 2.39. The molecule has 1 aliphatic carbocycles. The van der Waals surface area contributed by atoms with Crippen molar-refractivity contribution in [3.05, 3.63) is 23.3 Å². The van der Waals surface area contributed by atoms with Gasteiger partial charge in [-0.2, -0.15) is 0 Å². The lowest BCUT2D eigenvalue weighted by molar-refractivity contribution is -0.302. The molecule has 14 atom stereocenters. The van der Waals surface area contributed by atoms with Gasteiger partial charge in [-0.05, 0) is 102 Å². The highest BCUT2D eigenvalue weighted by Gasteiger charge is 2.56. The molecule has 0 aromatic heterocycles. The molecule has 13 nitrogen and oxygen atoms in total. The van der Waals surface area contributed by atoms with Crippen LogP contribution in [0.25, 0.3) is 0 Å². The van der Waals surface area contributed by atoms with Gasteiger partial charge in [-0.1, -0.05) is 51.3 Å². The fourth-order valence-corrected chi connectivity index (χ4v) is 9.56. The number of ether oxygens (including phenoxy) is 5. The topological polar surface area (TPSA) is 178 Å². The second-order valence-electron chi connectivity index (χ2n) is 17.7. The van der Waals surface area contributed by atoms with Crippen molar-refractivity contribution < 1.29 is 58.2 Å². The van der Waals surface area contributed by atoms with Gasteiger partial charge in [0.25, 0.3) is 11.7 Å². The third kappa shape index (κ3) is 12.1. The van der Waals surface area contributed by atoms with Crippen molar-refractivity contribution in [2.45, 2.75) is 174 Å². The number of fused-ring (bicyclic) bond motifs is 3. The van der Waals surface area contributed by atoms with Gasteiger partial charge in [0.1, 0.15) is 30.6 Å². The fraction of sp³-hybridized carbons (Fsp3) is 0.783. The molecular formula is C46H71NO12. The van der Waals surface area contributed by atoms with E-state index in [9.17, 15) is 34.5 Å². The van der Waals surface area contributed by atoms with E-state index in [2.05, 4.69) is 11.8 Å². The van der Waals surface area contributed by atoms with Crippen molar-refractivity contribution in [1.29, 1.82) is 0 Å². The average molecular weight is 830 g/mol. The molecule has 0 spiro atoms. The van der Waals surface area contributed by atoms with Crippen LogP contribution in [0.1, 0.15) is 119 Å². The first-order valence-electron chi connectivity index (χ1n) is 21.8. The summed E-state index contributed by atoms with van der Waals surface area (Å²) in [6.07, 6.45) is 3.33. The molecule has 4 aliphatic rings. The summed E-state index contributed by atoms with van der Waals surface area (Å²) in [7, 11) is 3.06. The SMILES string of the molecule is CC#CCOC1CCC(C=C(C)C2OC(=O)C3CCCCN3C(=O)C(=O)C3(O)OC(C(OC)CC(C)CC(C)=CC(CC)C(=O)CC(O)C2C)C(OC)CC3C)CC1O. The molecule has 1 amide bonds. The van der Waals surface area contributed by atoms with Crippen LogP contribution in [0, 0.1) is 41.4 Å². The van der Waals surface area contributed by atoms with Crippen molar-refractivity contribution in [1.82, 2.24) is 4.90 Å². The first-order valence-corrected chi connectivity index (χ1v) is 21.8. The molecule has 0 aromatic rings. The van der Waals surface area contributed by atoms with Gasteiger partial charge in [0.15, 0.2) is 0 Å². The lowest BCUT2D eigenvalue weighted by Gasteiger charge is -2.47. The largest absolute Gasteiger partial charge is 0.456 e. The number of carbonyl (C=O) groups excluding carboxylic acids is 4. The maximum absolute atomic E-state index is 14.3. The van der Waals surface area contributed by atoms with Crippen molar-refractivity contribution in [3.63, 3.8) is 0 Å². The van der Waals surface area contributed by atoms with E-state index in [4.69, 9.17) is 23.7 Å². The normalized spacial score (nSPS) is 38.9. The molecular weight excluding hydrogens is 759 g/mol. The molecule has 332 valence electrons. The summed E-state index contributed by atoms with van der Waals surface area (Å²) in [6, 6.07) is -1.15. The molecule has 0 radical (unpaired) electrons. The van der Waals surface area contributed by atoms with Crippen LogP contribution in [0.2, 0.25) is 0 Å². The van der Waals surface area contributed by atoms with Crippen molar-refractivity contribution in [2.75, 3.05) is 27.4 Å². The van der Waals surface area contributed by atoms with E-state index >= 15 is 0 Å². The van der Waals surface area contributed by atoms with Crippen LogP contribution in [0.5, 0.6) is 0 Å². The van der Waals surface area contributed by atoms with E-state index in [1.807, 2.05) is 32.9 Å². The predicted octanol–water partition coefficient (Wildman–Crippen LogP) is 4.87. The number of methoxy groups -OCH3 is 2. The van der Waals surface area contributed by atoms with E-state index in [0.717, 1.165) is 5.57 Å². The summed E-state index contributed by atoms with van der Waals surface area (Å²) in [5, 5.41) is 34.7. The quantitative estimate of drug-likeness (QED) is 0.138. The first kappa shape index (κ1) is 48.7. The summed E-state index contributed by atoms with van der Waals surface area (Å²) < 4.78 is 30.0. The van der Waals surface area contributed by atoms with E-state index < -0.39 is 83.9 Å². The molecule has 13 heteroatoms. The lowest BCUT2D eigenvalue weighted by Crippen LogP contribution is -2.64. The Balaban J connectivity index is 1.73. The standard InChI is InChI=1S/C46H71NO12/c1-10-12-19-57-38-17-16-32(25-37(38)50)23-29(5)41-31(7)35(48)26-36(49)33(11-2)21-27(3)20-28(4)22-39(55-8)42-40(56-9)24-30(6)46(54,59-42)43(51)44(52)47-18-14-13-15-34(47)45(53)58-41/h21,23,28,30-35,37-42,48,50,54H,11,13-20,22,24-26H2,1-9H3. The number of Topliss-reactive ketones (excluding diaryl/α,β-unsaturated/α-hetero) is 2. The van der Waals surface area contributed by atoms with Crippen LogP contribution in [0.15, 0.2) is 23.3 Å². The lowest BCUT2D eigenvalue weighted by atomic mass is 9.81. The third-order valence-electron chi connectivity index (χ3n) is 13.1. The molecule has 2 saturated heterocycles. The molecule has 3 aliphatic heterocycles. The smallest absolute Gasteiger partial charge is 0.329 e. The third-order valence-corrected chi connectivity index (χ3v) is 13.1. The number of aliphatic hydroxyl groups is 3. The zero-order valence-corrected chi connectivity index (χ0v) is 36.8. The van der Waals surface area contributed by atoms with E-state index in [-0.39, 0.29) is 56.1 Å². The highest BCUT2D eigenvalue weighted by molar-refractivity contribution is 6.39. The molecule has 4 rings (SSSR count). The number of carbonyl (C=O) groups is 4. The number of hydrogen-bond acceptors (Lipinski definition) is 12. The second-order valence-corrected chi connectivity index (χ2v) is 17.7. The number of rotatable bonds is 7. The van der Waals surface area contributed by atoms with Gasteiger partial charge in [0.2, 0.25) is 5.79 Å². The van der Waals surface area contributed by atoms with Crippen LogP contribution in [-0.2, 0) is 42.9 Å². The molecule has 0 aromatic carbocycles. The Morgan fingerprint density at radius 3 is 2.31 bits per heavy atom. The first-order chi connectivity index (χ1) is 28.0.